The van der Waals surface area contributed by atoms with Crippen LogP contribution in [0.5, 0.6) is 0 Å². The number of hydrogen-bond acceptors (Lipinski definition) is 10. The van der Waals surface area contributed by atoms with Crippen molar-refractivity contribution in [2.24, 2.45) is 5.73 Å². The molecular formula is C18H34N6O7. The Balaban J connectivity index is 2.88. The molecule has 0 unspecified atom stereocenters. The molecule has 1 amide bonds. The van der Waals surface area contributed by atoms with E-state index in [1.807, 2.05) is 9.80 Å². The summed E-state index contributed by atoms with van der Waals surface area (Å²) in [6.07, 6.45) is 0. The number of hydrogen-bond donors (Lipinski definition) is 4. The smallest absolute Gasteiger partial charge is 0.317 e. The minimum atomic E-state index is -0.971. The highest BCUT2D eigenvalue weighted by atomic mass is 16.5. The molecular weight excluding hydrogens is 412 g/mol. The molecule has 1 aliphatic heterocycles. The highest BCUT2D eigenvalue weighted by Gasteiger charge is 2.20. The maximum Gasteiger partial charge on any atom is 0.317 e. The summed E-state index contributed by atoms with van der Waals surface area (Å²) in [7, 11) is 0. The number of carboxylic acid groups (broad SMARTS) is 2. The van der Waals surface area contributed by atoms with E-state index in [0.717, 1.165) is 0 Å². The van der Waals surface area contributed by atoms with Crippen molar-refractivity contribution in [3.8, 4) is 0 Å². The zero-order chi connectivity index (χ0) is 23.1. The fourth-order valence-corrected chi connectivity index (χ4v) is 3.17. The monoisotopic (exact) mass is 446 g/mol. The second-order valence-electron chi connectivity index (χ2n) is 7.26. The van der Waals surface area contributed by atoms with E-state index < -0.39 is 11.9 Å². The Morgan fingerprint density at radius 2 is 1.23 bits per heavy atom. The van der Waals surface area contributed by atoms with Gasteiger partial charge in [-0.15, -0.1) is 0 Å². The van der Waals surface area contributed by atoms with Crippen LogP contribution in [0.2, 0.25) is 0 Å². The van der Waals surface area contributed by atoms with E-state index in [-0.39, 0.29) is 32.3 Å². The average molecular weight is 447 g/mol. The van der Waals surface area contributed by atoms with Gasteiger partial charge in [0.05, 0.1) is 19.6 Å². The maximum atomic E-state index is 12.1. The molecule has 1 heterocycles. The highest BCUT2D eigenvalue weighted by Crippen LogP contribution is 2.01. The molecule has 1 fully saturated rings. The third kappa shape index (κ3) is 12.9. The van der Waals surface area contributed by atoms with E-state index in [0.29, 0.717) is 71.9 Å². The molecule has 0 atom stereocenters. The van der Waals surface area contributed by atoms with Gasteiger partial charge in [0.25, 0.3) is 6.47 Å². The van der Waals surface area contributed by atoms with Crippen molar-refractivity contribution in [2.75, 3.05) is 91.8 Å². The van der Waals surface area contributed by atoms with Gasteiger partial charge in [-0.3, -0.25) is 38.8 Å². The molecule has 0 bridgehead atoms. The Kier molecular flexibility index (Phi) is 13.3. The van der Waals surface area contributed by atoms with Crippen LogP contribution in [-0.2, 0) is 23.9 Å². The van der Waals surface area contributed by atoms with Crippen molar-refractivity contribution < 1.29 is 34.1 Å². The van der Waals surface area contributed by atoms with E-state index in [2.05, 4.69) is 5.32 Å². The number of nitrogens with two attached hydrogens (primary N) is 1. The zero-order valence-corrected chi connectivity index (χ0v) is 17.8. The molecule has 0 radical (unpaired) electrons. The molecule has 0 saturated carbocycles. The van der Waals surface area contributed by atoms with E-state index >= 15 is 0 Å². The number of carbonyl (C=O) groups is 4. The molecule has 5 N–H and O–H groups in total. The number of carboxylic acids is 2. The standard InChI is InChI=1S/C18H34N6O7/c19-1-2-20-16(26)11-21-3-4-22(12-17(27)28)5-6-23(13-18(29)30)8-10-24(9-7-21)14-31-15-25/h15H,1-14,19H2,(H,20,26)(H,27,28)(H,29,30). The summed E-state index contributed by atoms with van der Waals surface area (Å²) in [6, 6.07) is 0. The number of rotatable bonds is 11. The molecule has 0 aliphatic carbocycles. The summed E-state index contributed by atoms with van der Waals surface area (Å²) in [5.74, 6) is -2.12. The van der Waals surface area contributed by atoms with Gasteiger partial charge >= 0.3 is 11.9 Å². The largest absolute Gasteiger partial charge is 0.480 e. The lowest BCUT2D eigenvalue weighted by molar-refractivity contribution is -0.140. The Morgan fingerprint density at radius 3 is 1.61 bits per heavy atom. The Labute approximate surface area is 181 Å². The molecule has 178 valence electrons. The fraction of sp³-hybridized carbons (Fsp3) is 0.778. The first-order valence-corrected chi connectivity index (χ1v) is 10.2. The van der Waals surface area contributed by atoms with E-state index in [4.69, 9.17) is 15.6 Å². The minimum absolute atomic E-state index is 0.0583. The van der Waals surface area contributed by atoms with Gasteiger partial charge in [0.15, 0.2) is 0 Å². The molecule has 0 aromatic rings. The lowest BCUT2D eigenvalue weighted by Gasteiger charge is -2.32. The third-order valence-corrected chi connectivity index (χ3v) is 4.81. The lowest BCUT2D eigenvalue weighted by atomic mass is 10.3. The average Bonchev–Trinajstić information content (AvgIpc) is 2.70. The fourth-order valence-electron chi connectivity index (χ4n) is 3.17. The first-order chi connectivity index (χ1) is 14.8. The number of aliphatic carboxylic acids is 2. The van der Waals surface area contributed by atoms with Crippen LogP contribution in [0.15, 0.2) is 0 Å². The van der Waals surface area contributed by atoms with Gasteiger partial charge in [0.2, 0.25) is 5.91 Å². The Bertz CT molecular complexity index is 580. The highest BCUT2D eigenvalue weighted by molar-refractivity contribution is 5.78. The van der Waals surface area contributed by atoms with E-state index in [9.17, 15) is 24.3 Å². The molecule has 1 saturated heterocycles. The van der Waals surface area contributed by atoms with Crippen molar-refractivity contribution in [3.05, 3.63) is 0 Å². The van der Waals surface area contributed by atoms with Crippen molar-refractivity contribution in [1.29, 1.82) is 0 Å². The maximum absolute atomic E-state index is 12.1. The summed E-state index contributed by atoms with van der Waals surface area (Å²) in [6.45, 7) is 4.34. The van der Waals surface area contributed by atoms with Crippen LogP contribution in [0.25, 0.3) is 0 Å². The summed E-state index contributed by atoms with van der Waals surface area (Å²) in [5, 5.41) is 21.1. The lowest BCUT2D eigenvalue weighted by Crippen LogP contribution is -2.49. The van der Waals surface area contributed by atoms with Crippen molar-refractivity contribution in [2.45, 2.75) is 0 Å². The van der Waals surface area contributed by atoms with Crippen LogP contribution in [0.3, 0.4) is 0 Å². The van der Waals surface area contributed by atoms with Crippen LogP contribution in [-0.4, -0.2) is 146 Å². The molecule has 1 aliphatic rings. The van der Waals surface area contributed by atoms with Gasteiger partial charge in [0.1, 0.15) is 6.73 Å². The topological polar surface area (TPSA) is 169 Å². The summed E-state index contributed by atoms with van der Waals surface area (Å²) in [5.41, 5.74) is 5.42. The summed E-state index contributed by atoms with van der Waals surface area (Å²) >= 11 is 0. The van der Waals surface area contributed by atoms with Crippen LogP contribution < -0.4 is 11.1 Å². The molecule has 13 heteroatoms. The van der Waals surface area contributed by atoms with Gasteiger partial charge in [-0.2, -0.15) is 0 Å². The van der Waals surface area contributed by atoms with Crippen LogP contribution in [0.1, 0.15) is 0 Å². The minimum Gasteiger partial charge on any atom is -0.480 e. The molecule has 13 nitrogen and oxygen atoms in total. The first-order valence-electron chi connectivity index (χ1n) is 10.2. The second kappa shape index (κ2) is 15.5. The van der Waals surface area contributed by atoms with Gasteiger partial charge in [0, 0.05) is 65.4 Å². The number of nitrogens with one attached hydrogen (secondary N) is 1. The van der Waals surface area contributed by atoms with Crippen molar-refractivity contribution in [1.82, 2.24) is 24.9 Å². The molecule has 0 aromatic heterocycles. The summed E-state index contributed by atoms with van der Waals surface area (Å²) < 4.78 is 4.87. The van der Waals surface area contributed by atoms with Gasteiger partial charge in [-0.1, -0.05) is 0 Å². The van der Waals surface area contributed by atoms with Gasteiger partial charge in [-0.25, -0.2) is 0 Å². The van der Waals surface area contributed by atoms with Gasteiger partial charge in [-0.05, 0) is 0 Å². The summed E-state index contributed by atoms with van der Waals surface area (Å²) in [4.78, 5) is 52.4. The Hall–Kier alpha value is -2.32. The predicted octanol–water partition coefficient (Wildman–Crippen LogP) is -3.42. The number of carbonyl (C=O) groups excluding carboxylic acids is 2. The van der Waals surface area contributed by atoms with E-state index in [1.165, 1.54) is 0 Å². The SMILES string of the molecule is NCCNC(=O)CN1CCN(COC=O)CCN(CC(=O)O)CCN(CC(=O)O)CC1. The van der Waals surface area contributed by atoms with E-state index in [1.54, 1.807) is 9.80 Å². The number of ether oxygens (including phenoxy) is 1. The van der Waals surface area contributed by atoms with Crippen LogP contribution in [0, 0.1) is 0 Å². The predicted molar refractivity (Wildman–Crippen MR) is 110 cm³/mol. The molecule has 0 spiro atoms. The van der Waals surface area contributed by atoms with Crippen molar-refractivity contribution >= 4 is 24.3 Å². The van der Waals surface area contributed by atoms with Crippen LogP contribution in [0.4, 0.5) is 0 Å². The number of nitrogens with zero attached hydrogens (tertiary/aromatic N) is 4. The molecule has 1 rings (SSSR count). The number of amides is 1. The zero-order valence-electron chi connectivity index (χ0n) is 17.8. The second-order valence-corrected chi connectivity index (χ2v) is 7.26. The third-order valence-electron chi connectivity index (χ3n) is 4.81. The normalized spacial score (nSPS) is 18.5. The molecule has 0 aromatic carbocycles. The Morgan fingerprint density at radius 1 is 0.806 bits per heavy atom. The quantitative estimate of drug-likeness (QED) is 0.232. The first kappa shape index (κ1) is 26.7. The van der Waals surface area contributed by atoms with Gasteiger partial charge < -0.3 is 26.0 Å². The van der Waals surface area contributed by atoms with Crippen LogP contribution >= 0.6 is 0 Å². The molecule has 31 heavy (non-hydrogen) atoms. The van der Waals surface area contributed by atoms with Crippen molar-refractivity contribution in [3.63, 3.8) is 0 Å².